The fourth-order valence-electron chi connectivity index (χ4n) is 4.60. The van der Waals surface area contributed by atoms with Crippen molar-refractivity contribution in [2.45, 2.75) is 39.8 Å². The van der Waals surface area contributed by atoms with E-state index < -0.39 is 7.92 Å². The molecule has 0 aromatic heterocycles. The van der Waals surface area contributed by atoms with Crippen molar-refractivity contribution in [1.29, 1.82) is 0 Å². The van der Waals surface area contributed by atoms with Gasteiger partial charge in [0.25, 0.3) is 0 Å². The third-order valence-corrected chi connectivity index (χ3v) is 9.48. The second-order valence-corrected chi connectivity index (χ2v) is 12.2. The lowest BCUT2D eigenvalue weighted by Crippen LogP contribution is -2.32. The Morgan fingerprint density at radius 2 is 1.08 bits per heavy atom. The number of phenols is 1. The Hall–Kier alpha value is -3.45. The molecule has 0 saturated carbocycles. The first-order valence-electron chi connectivity index (χ1n) is 13.3. The second-order valence-electron chi connectivity index (χ2n) is 10.1. The van der Waals surface area contributed by atoms with E-state index in [9.17, 15) is 5.11 Å². The van der Waals surface area contributed by atoms with Gasteiger partial charge in [-0.05, 0) is 81.0 Å². The largest absolute Gasteiger partial charge is 0.507 e. The first-order chi connectivity index (χ1) is 18.4. The average Bonchev–Trinajstić information content (AvgIpc) is 2.94. The van der Waals surface area contributed by atoms with Crippen LogP contribution in [0.5, 0.6) is 5.75 Å². The zero-order chi connectivity index (χ0) is 27.1. The van der Waals surface area contributed by atoms with Gasteiger partial charge in [-0.3, -0.25) is 0 Å². The van der Waals surface area contributed by atoms with E-state index in [-0.39, 0.29) is 0 Å². The molecule has 3 heteroatoms. The molecule has 0 amide bonds. The number of nitrogens with zero attached hydrogens (tertiary/aromatic N) is 1. The minimum Gasteiger partial charge on any atom is -0.507 e. The number of aromatic hydroxyl groups is 1. The lowest BCUT2D eigenvalue weighted by Gasteiger charge is -2.24. The van der Waals surface area contributed by atoms with Crippen molar-refractivity contribution in [3.05, 3.63) is 121 Å². The Balaban J connectivity index is 0.000000368. The van der Waals surface area contributed by atoms with E-state index in [1.807, 2.05) is 24.3 Å². The number of fused-ring (bicyclic) bond motifs is 1. The molecule has 0 aliphatic carbocycles. The molecule has 0 bridgehead atoms. The first kappa shape index (κ1) is 27.6. The summed E-state index contributed by atoms with van der Waals surface area (Å²) in [5.41, 5.74) is 1.99. The molecule has 0 aliphatic heterocycles. The van der Waals surface area contributed by atoms with Crippen molar-refractivity contribution >= 4 is 34.6 Å². The predicted octanol–water partition coefficient (Wildman–Crippen LogP) is 7.71. The number of benzene rings is 5. The zero-order valence-corrected chi connectivity index (χ0v) is 23.9. The second kappa shape index (κ2) is 12.9. The molecular weight excluding hydrogens is 481 g/mol. The van der Waals surface area contributed by atoms with Crippen molar-refractivity contribution in [3.63, 3.8) is 0 Å². The van der Waals surface area contributed by atoms with Crippen LogP contribution < -0.4 is 15.9 Å². The topological polar surface area (TPSA) is 23.5 Å². The summed E-state index contributed by atoms with van der Waals surface area (Å²) < 4.78 is 0. The van der Waals surface area contributed by atoms with Crippen LogP contribution in [0.3, 0.4) is 0 Å². The van der Waals surface area contributed by atoms with Crippen LogP contribution in [-0.4, -0.2) is 29.1 Å². The van der Waals surface area contributed by atoms with Crippen LogP contribution in [0.2, 0.25) is 0 Å². The van der Waals surface area contributed by atoms with Gasteiger partial charge in [0, 0.05) is 17.6 Å². The highest BCUT2D eigenvalue weighted by Crippen LogP contribution is 2.41. The van der Waals surface area contributed by atoms with Gasteiger partial charge in [-0.1, -0.05) is 115 Å². The molecule has 1 N–H and O–H groups in total. The summed E-state index contributed by atoms with van der Waals surface area (Å²) in [6.45, 7) is 8.83. The van der Waals surface area contributed by atoms with Crippen molar-refractivity contribution in [1.82, 2.24) is 4.90 Å². The van der Waals surface area contributed by atoms with Crippen LogP contribution in [0.15, 0.2) is 121 Å². The lowest BCUT2D eigenvalue weighted by atomic mass is 9.97. The van der Waals surface area contributed by atoms with Gasteiger partial charge >= 0.3 is 0 Å². The Bertz CT molecular complexity index is 1400. The van der Waals surface area contributed by atoms with Gasteiger partial charge in [0.2, 0.25) is 0 Å². The Labute approximate surface area is 229 Å². The molecule has 2 nitrogen and oxygen atoms in total. The van der Waals surface area contributed by atoms with Crippen molar-refractivity contribution in [2.75, 3.05) is 7.05 Å². The van der Waals surface area contributed by atoms with Crippen LogP contribution >= 0.6 is 7.92 Å². The highest BCUT2D eigenvalue weighted by molar-refractivity contribution is 7.80. The van der Waals surface area contributed by atoms with E-state index in [0.29, 0.717) is 17.8 Å². The summed E-state index contributed by atoms with van der Waals surface area (Å²) in [5.74, 6) is 0.317. The predicted molar refractivity (Wildman–Crippen MR) is 168 cm³/mol. The van der Waals surface area contributed by atoms with E-state index in [4.69, 9.17) is 0 Å². The SMILES string of the molecule is CC(C)N(C)C(C)C.Oc1ccc2ccccc2c1-c1ccccc1P(c1ccccc1)c1ccccc1. The van der Waals surface area contributed by atoms with Crippen molar-refractivity contribution in [2.24, 2.45) is 0 Å². The molecule has 194 valence electrons. The molecule has 0 saturated heterocycles. The fourth-order valence-corrected chi connectivity index (χ4v) is 7.06. The fraction of sp³-hybridized carbons (Fsp3) is 0.200. The third kappa shape index (κ3) is 6.33. The van der Waals surface area contributed by atoms with Gasteiger partial charge in [0.05, 0.1) is 0 Å². The van der Waals surface area contributed by atoms with Gasteiger partial charge in [-0.15, -0.1) is 0 Å². The van der Waals surface area contributed by atoms with E-state index in [2.05, 4.69) is 137 Å². The molecule has 5 rings (SSSR count). The molecule has 0 unspecified atom stereocenters. The average molecular weight is 520 g/mol. The van der Waals surface area contributed by atoms with Crippen molar-refractivity contribution < 1.29 is 5.11 Å². The molecule has 0 fully saturated rings. The third-order valence-electron chi connectivity index (χ3n) is 6.98. The van der Waals surface area contributed by atoms with E-state index in [0.717, 1.165) is 21.9 Å². The zero-order valence-electron chi connectivity index (χ0n) is 23.0. The monoisotopic (exact) mass is 519 g/mol. The molecule has 5 aromatic carbocycles. The molecule has 5 aromatic rings. The van der Waals surface area contributed by atoms with E-state index in [1.54, 1.807) is 0 Å². The van der Waals surface area contributed by atoms with Crippen LogP contribution in [0.25, 0.3) is 21.9 Å². The number of hydrogen-bond acceptors (Lipinski definition) is 2. The van der Waals surface area contributed by atoms with Crippen LogP contribution in [0.4, 0.5) is 0 Å². The quantitative estimate of drug-likeness (QED) is 0.232. The van der Waals surface area contributed by atoms with E-state index >= 15 is 0 Å². The van der Waals surface area contributed by atoms with Crippen LogP contribution in [-0.2, 0) is 0 Å². The summed E-state index contributed by atoms with van der Waals surface area (Å²) in [4.78, 5) is 2.33. The van der Waals surface area contributed by atoms with Gasteiger partial charge < -0.3 is 10.0 Å². The van der Waals surface area contributed by atoms with Crippen molar-refractivity contribution in [3.8, 4) is 16.9 Å². The lowest BCUT2D eigenvalue weighted by molar-refractivity contribution is 0.222. The minimum absolute atomic E-state index is 0.317. The minimum atomic E-state index is -0.769. The summed E-state index contributed by atoms with van der Waals surface area (Å²) in [7, 11) is 1.38. The molecule has 0 heterocycles. The highest BCUT2D eigenvalue weighted by atomic mass is 31.1. The van der Waals surface area contributed by atoms with E-state index in [1.165, 1.54) is 15.9 Å². The molecule has 0 spiro atoms. The van der Waals surface area contributed by atoms with Gasteiger partial charge in [-0.2, -0.15) is 0 Å². The smallest absolute Gasteiger partial charge is 0.124 e. The molecule has 0 aliphatic rings. The number of rotatable bonds is 6. The molecule has 38 heavy (non-hydrogen) atoms. The summed E-state index contributed by atoms with van der Waals surface area (Å²) >= 11 is 0. The van der Waals surface area contributed by atoms with Gasteiger partial charge in [-0.25, -0.2) is 0 Å². The normalized spacial score (nSPS) is 11.3. The van der Waals surface area contributed by atoms with Gasteiger partial charge in [0.1, 0.15) is 5.75 Å². The maximum Gasteiger partial charge on any atom is 0.124 e. The van der Waals surface area contributed by atoms with Crippen LogP contribution in [0, 0.1) is 0 Å². The summed E-state index contributed by atoms with van der Waals surface area (Å²) in [5, 5.41) is 17.0. The number of phenolic OH excluding ortho intramolecular Hbond substituents is 1. The number of hydrogen-bond donors (Lipinski definition) is 1. The molecule has 0 atom stereocenters. The van der Waals surface area contributed by atoms with Crippen LogP contribution in [0.1, 0.15) is 27.7 Å². The standard InChI is InChI=1S/C28H21OP.C7H17N/c29-26-20-19-21-11-7-8-16-24(21)28(26)25-17-9-10-18-27(25)30(22-12-3-1-4-13-22)23-14-5-2-6-15-23;1-6(2)8(5)7(3)4/h1-20,29H;6-7H,1-5H3. The maximum absolute atomic E-state index is 10.9. The highest BCUT2D eigenvalue weighted by Gasteiger charge is 2.22. The molecular formula is C35H38NOP. The van der Waals surface area contributed by atoms with Gasteiger partial charge in [0.15, 0.2) is 0 Å². The maximum atomic E-state index is 10.9. The Morgan fingerprint density at radius 3 is 1.63 bits per heavy atom. The Morgan fingerprint density at radius 1 is 0.579 bits per heavy atom. The summed E-state index contributed by atoms with van der Waals surface area (Å²) in [6, 6.07) is 43.3. The Kier molecular flexibility index (Phi) is 9.34. The summed E-state index contributed by atoms with van der Waals surface area (Å²) in [6.07, 6.45) is 0. The first-order valence-corrected chi connectivity index (χ1v) is 14.6. The molecule has 0 radical (unpaired) electrons.